The molecule has 1 aromatic carbocycles. The van der Waals surface area contributed by atoms with E-state index in [2.05, 4.69) is 28.2 Å². The summed E-state index contributed by atoms with van der Waals surface area (Å²) in [6.07, 6.45) is 2.04. The second-order valence-electron chi connectivity index (χ2n) is 4.70. The summed E-state index contributed by atoms with van der Waals surface area (Å²) in [7, 11) is 1.79. The number of ether oxygens (including phenoxy) is 1. The minimum absolute atomic E-state index is 0.0484. The van der Waals surface area contributed by atoms with E-state index in [1.807, 2.05) is 6.92 Å². The van der Waals surface area contributed by atoms with E-state index in [0.29, 0.717) is 6.61 Å². The Morgan fingerprint density at radius 2 is 2.00 bits per heavy atom. The van der Waals surface area contributed by atoms with Gasteiger partial charge >= 0.3 is 0 Å². The van der Waals surface area contributed by atoms with E-state index in [1.165, 1.54) is 12.1 Å². The van der Waals surface area contributed by atoms with Crippen molar-refractivity contribution < 1.29 is 13.5 Å². The molecule has 2 atom stereocenters. The molecule has 1 aromatic rings. The van der Waals surface area contributed by atoms with Gasteiger partial charge in [0, 0.05) is 18.2 Å². The standard InChI is InChI=1S/C15H22BrF2NO/c1-4-6-14(20-5-2)13(19-3)9-10-12(17)8-7-11(16)15(10)18/h7-8,13-14,19H,4-6,9H2,1-3H3. The van der Waals surface area contributed by atoms with E-state index >= 15 is 0 Å². The fourth-order valence-corrected chi connectivity index (χ4v) is 2.67. The number of benzene rings is 1. The maximum absolute atomic E-state index is 14.0. The molecule has 20 heavy (non-hydrogen) atoms. The Morgan fingerprint density at radius 3 is 2.55 bits per heavy atom. The van der Waals surface area contributed by atoms with Crippen molar-refractivity contribution in [2.75, 3.05) is 13.7 Å². The number of rotatable bonds is 8. The molecule has 0 bridgehead atoms. The van der Waals surface area contributed by atoms with Gasteiger partial charge in [-0.25, -0.2) is 8.78 Å². The van der Waals surface area contributed by atoms with Gasteiger partial charge in [-0.05, 0) is 54.9 Å². The number of halogens is 3. The van der Waals surface area contributed by atoms with E-state index in [4.69, 9.17) is 4.74 Å². The first kappa shape index (κ1) is 17.5. The van der Waals surface area contributed by atoms with Gasteiger partial charge in [-0.2, -0.15) is 0 Å². The van der Waals surface area contributed by atoms with Gasteiger partial charge in [0.05, 0.1) is 10.6 Å². The molecule has 0 aliphatic carbocycles. The van der Waals surface area contributed by atoms with Gasteiger partial charge in [-0.1, -0.05) is 13.3 Å². The van der Waals surface area contributed by atoms with Gasteiger partial charge in [-0.3, -0.25) is 0 Å². The normalized spacial score (nSPS) is 14.3. The van der Waals surface area contributed by atoms with E-state index in [-0.39, 0.29) is 28.6 Å². The maximum Gasteiger partial charge on any atom is 0.143 e. The van der Waals surface area contributed by atoms with Gasteiger partial charge < -0.3 is 10.1 Å². The molecule has 114 valence electrons. The van der Waals surface area contributed by atoms with Gasteiger partial charge in [0.25, 0.3) is 0 Å². The van der Waals surface area contributed by atoms with E-state index in [0.717, 1.165) is 12.8 Å². The smallest absolute Gasteiger partial charge is 0.143 e. The molecule has 0 saturated heterocycles. The SMILES string of the molecule is CCCC(OCC)C(Cc1c(F)ccc(Br)c1F)NC. The summed E-state index contributed by atoms with van der Waals surface area (Å²) in [6.45, 7) is 4.58. The van der Waals surface area contributed by atoms with Crippen molar-refractivity contribution in [3.8, 4) is 0 Å². The molecule has 0 aromatic heterocycles. The quantitative estimate of drug-likeness (QED) is 0.714. The molecule has 0 saturated carbocycles. The van der Waals surface area contributed by atoms with Crippen molar-refractivity contribution in [2.45, 2.75) is 45.3 Å². The van der Waals surface area contributed by atoms with Gasteiger partial charge in [0.1, 0.15) is 11.6 Å². The summed E-state index contributed by atoms with van der Waals surface area (Å²) in [4.78, 5) is 0. The maximum atomic E-state index is 14.0. The van der Waals surface area contributed by atoms with E-state index < -0.39 is 11.6 Å². The molecule has 1 rings (SSSR count). The summed E-state index contributed by atoms with van der Waals surface area (Å²) in [6, 6.07) is 2.55. The van der Waals surface area contributed by atoms with Crippen molar-refractivity contribution in [2.24, 2.45) is 0 Å². The van der Waals surface area contributed by atoms with Crippen LogP contribution in [0.4, 0.5) is 8.78 Å². The molecule has 0 aliphatic heterocycles. The molecule has 2 unspecified atom stereocenters. The molecule has 1 N–H and O–H groups in total. The summed E-state index contributed by atoms with van der Waals surface area (Å²) >= 11 is 3.10. The van der Waals surface area contributed by atoms with Crippen LogP contribution in [0.15, 0.2) is 16.6 Å². The van der Waals surface area contributed by atoms with Crippen LogP contribution in [-0.4, -0.2) is 25.8 Å². The zero-order chi connectivity index (χ0) is 15.1. The minimum atomic E-state index is -0.531. The first-order chi connectivity index (χ1) is 9.54. The number of nitrogens with one attached hydrogen (secondary N) is 1. The van der Waals surface area contributed by atoms with Crippen molar-refractivity contribution in [3.63, 3.8) is 0 Å². The average Bonchev–Trinajstić information content (AvgIpc) is 2.43. The largest absolute Gasteiger partial charge is 0.377 e. The monoisotopic (exact) mass is 349 g/mol. The summed E-state index contributed by atoms with van der Waals surface area (Å²) in [5.41, 5.74) is 0.0968. The number of hydrogen-bond acceptors (Lipinski definition) is 2. The second kappa shape index (κ2) is 8.70. The lowest BCUT2D eigenvalue weighted by atomic mass is 9.97. The predicted molar refractivity (Wildman–Crippen MR) is 80.9 cm³/mol. The van der Waals surface area contributed by atoms with Gasteiger partial charge in [0.15, 0.2) is 0 Å². The van der Waals surface area contributed by atoms with Crippen LogP contribution in [-0.2, 0) is 11.2 Å². The van der Waals surface area contributed by atoms with E-state index in [1.54, 1.807) is 7.05 Å². The molecule has 0 heterocycles. The van der Waals surface area contributed by atoms with Crippen LogP contribution in [0.1, 0.15) is 32.3 Å². The van der Waals surface area contributed by atoms with Crippen LogP contribution >= 0.6 is 15.9 Å². The highest BCUT2D eigenvalue weighted by molar-refractivity contribution is 9.10. The minimum Gasteiger partial charge on any atom is -0.377 e. The molecule has 2 nitrogen and oxygen atoms in total. The topological polar surface area (TPSA) is 21.3 Å². The van der Waals surface area contributed by atoms with E-state index in [9.17, 15) is 8.78 Å². The summed E-state index contributed by atoms with van der Waals surface area (Å²) in [5, 5.41) is 3.12. The number of hydrogen-bond donors (Lipinski definition) is 1. The zero-order valence-electron chi connectivity index (χ0n) is 12.2. The fraction of sp³-hybridized carbons (Fsp3) is 0.600. The molecular weight excluding hydrogens is 328 g/mol. The third kappa shape index (κ3) is 4.50. The Bertz CT molecular complexity index is 423. The van der Waals surface area contributed by atoms with Crippen LogP contribution in [0.5, 0.6) is 0 Å². The Kier molecular flexibility index (Phi) is 7.62. The lowest BCUT2D eigenvalue weighted by Crippen LogP contribution is -2.41. The first-order valence-corrected chi connectivity index (χ1v) is 7.75. The van der Waals surface area contributed by atoms with Gasteiger partial charge in [0.2, 0.25) is 0 Å². The second-order valence-corrected chi connectivity index (χ2v) is 5.56. The molecule has 0 radical (unpaired) electrons. The molecule has 0 aliphatic rings. The Labute approximate surface area is 128 Å². The number of likely N-dealkylation sites (N-methyl/N-ethyl adjacent to an activating group) is 1. The summed E-state index contributed by atoms with van der Waals surface area (Å²) in [5.74, 6) is -1.05. The molecular formula is C15H22BrF2NO. The van der Waals surface area contributed by atoms with Gasteiger partial charge in [-0.15, -0.1) is 0 Å². The van der Waals surface area contributed by atoms with Crippen molar-refractivity contribution in [3.05, 3.63) is 33.8 Å². The van der Waals surface area contributed by atoms with Crippen molar-refractivity contribution in [1.29, 1.82) is 0 Å². The predicted octanol–water partition coefficient (Wildman–Crippen LogP) is 4.06. The highest BCUT2D eigenvalue weighted by Gasteiger charge is 2.23. The van der Waals surface area contributed by atoms with Crippen LogP contribution in [0.25, 0.3) is 0 Å². The first-order valence-electron chi connectivity index (χ1n) is 6.96. The Balaban J connectivity index is 2.94. The molecule has 0 amide bonds. The highest BCUT2D eigenvalue weighted by Crippen LogP contribution is 2.24. The Morgan fingerprint density at radius 1 is 1.30 bits per heavy atom. The average molecular weight is 350 g/mol. The third-order valence-corrected chi connectivity index (χ3v) is 3.95. The van der Waals surface area contributed by atoms with Crippen LogP contribution in [0.2, 0.25) is 0 Å². The fourth-order valence-electron chi connectivity index (χ4n) is 2.29. The molecule has 5 heteroatoms. The molecule has 0 fully saturated rings. The molecule has 0 spiro atoms. The summed E-state index contributed by atoms with van der Waals surface area (Å²) < 4.78 is 33.9. The van der Waals surface area contributed by atoms with Crippen LogP contribution < -0.4 is 5.32 Å². The van der Waals surface area contributed by atoms with Crippen LogP contribution in [0.3, 0.4) is 0 Å². The Hall–Kier alpha value is -0.520. The van der Waals surface area contributed by atoms with Crippen molar-refractivity contribution >= 4 is 15.9 Å². The lowest BCUT2D eigenvalue weighted by molar-refractivity contribution is 0.0297. The third-order valence-electron chi connectivity index (χ3n) is 3.34. The zero-order valence-corrected chi connectivity index (χ0v) is 13.8. The van der Waals surface area contributed by atoms with Crippen LogP contribution in [0, 0.1) is 11.6 Å². The highest BCUT2D eigenvalue weighted by atomic mass is 79.9. The lowest BCUT2D eigenvalue weighted by Gasteiger charge is -2.27. The van der Waals surface area contributed by atoms with Crippen molar-refractivity contribution in [1.82, 2.24) is 5.32 Å².